The number of nitrogens with zero attached hydrogens (tertiary/aromatic N) is 1. The van der Waals surface area contributed by atoms with E-state index in [0.717, 1.165) is 25.6 Å². The first-order valence-electron chi connectivity index (χ1n) is 7.62. The molecule has 0 bridgehead atoms. The lowest BCUT2D eigenvalue weighted by molar-refractivity contribution is 0.152. The highest BCUT2D eigenvalue weighted by Gasteiger charge is 2.36. The first kappa shape index (κ1) is 12.3. The first-order valence-corrected chi connectivity index (χ1v) is 7.62. The second-order valence-corrected chi connectivity index (χ2v) is 6.07. The maximum absolute atomic E-state index is 12.3. The van der Waals surface area contributed by atoms with Gasteiger partial charge in [-0.3, -0.25) is 0 Å². The van der Waals surface area contributed by atoms with Crippen molar-refractivity contribution < 1.29 is 4.79 Å². The fraction of sp³-hybridized carbons (Fsp3) is 0.929. The molecule has 3 rings (SSSR count). The van der Waals surface area contributed by atoms with E-state index >= 15 is 0 Å². The van der Waals surface area contributed by atoms with Gasteiger partial charge in [0.1, 0.15) is 0 Å². The number of piperidine rings is 1. The Morgan fingerprint density at radius 2 is 1.83 bits per heavy atom. The largest absolute Gasteiger partial charge is 0.335 e. The van der Waals surface area contributed by atoms with Crippen molar-refractivity contribution in [2.75, 3.05) is 19.6 Å². The summed E-state index contributed by atoms with van der Waals surface area (Å²) >= 11 is 0. The molecule has 2 aliphatic heterocycles. The van der Waals surface area contributed by atoms with Crippen LogP contribution < -0.4 is 10.6 Å². The number of rotatable bonds is 2. The Morgan fingerprint density at radius 3 is 2.50 bits per heavy atom. The minimum atomic E-state index is 0.209. The van der Waals surface area contributed by atoms with Crippen molar-refractivity contribution in [1.82, 2.24) is 15.5 Å². The Morgan fingerprint density at radius 1 is 1.06 bits per heavy atom. The van der Waals surface area contributed by atoms with Crippen LogP contribution in [0.3, 0.4) is 0 Å². The third kappa shape index (κ3) is 2.48. The highest BCUT2D eigenvalue weighted by atomic mass is 16.2. The van der Waals surface area contributed by atoms with Gasteiger partial charge in [0.2, 0.25) is 0 Å². The molecule has 2 heterocycles. The molecule has 0 aromatic heterocycles. The van der Waals surface area contributed by atoms with Crippen LogP contribution in [0, 0.1) is 5.92 Å². The van der Waals surface area contributed by atoms with Crippen LogP contribution in [-0.2, 0) is 0 Å². The predicted octanol–water partition coefficient (Wildman–Crippen LogP) is 1.71. The number of carbonyl (C=O) groups excluding carboxylic acids is 1. The van der Waals surface area contributed by atoms with Crippen LogP contribution in [0.4, 0.5) is 4.79 Å². The number of hydrogen-bond donors (Lipinski definition) is 2. The van der Waals surface area contributed by atoms with E-state index in [-0.39, 0.29) is 6.03 Å². The summed E-state index contributed by atoms with van der Waals surface area (Å²) < 4.78 is 0. The maximum Gasteiger partial charge on any atom is 0.317 e. The molecule has 0 aromatic carbocycles. The van der Waals surface area contributed by atoms with Gasteiger partial charge in [-0.15, -0.1) is 0 Å². The molecule has 1 aliphatic carbocycles. The molecule has 1 unspecified atom stereocenters. The predicted molar refractivity (Wildman–Crippen MR) is 71.5 cm³/mol. The zero-order valence-corrected chi connectivity index (χ0v) is 11.2. The third-order valence-corrected chi connectivity index (χ3v) is 4.92. The number of amides is 2. The Labute approximate surface area is 109 Å². The van der Waals surface area contributed by atoms with Crippen molar-refractivity contribution in [3.05, 3.63) is 0 Å². The zero-order valence-electron chi connectivity index (χ0n) is 11.2. The molecular formula is C14H25N3O. The molecule has 0 spiro atoms. The Bertz CT molecular complexity index is 297. The van der Waals surface area contributed by atoms with Crippen molar-refractivity contribution in [2.45, 2.75) is 57.0 Å². The van der Waals surface area contributed by atoms with E-state index in [1.165, 1.54) is 44.9 Å². The molecule has 18 heavy (non-hydrogen) atoms. The molecule has 3 aliphatic rings. The number of likely N-dealkylation sites (tertiary alicyclic amines) is 1. The first-order chi connectivity index (χ1) is 8.84. The summed E-state index contributed by atoms with van der Waals surface area (Å²) in [6.45, 7) is 3.21. The molecule has 0 radical (unpaired) electrons. The molecular weight excluding hydrogens is 226 g/mol. The van der Waals surface area contributed by atoms with Gasteiger partial charge in [-0.2, -0.15) is 0 Å². The average molecular weight is 251 g/mol. The standard InChI is InChI=1S/C14H25N3O/c18-14(16-12-3-1-4-12)17-10-2-5-13(17)11-6-8-15-9-7-11/h11-13,15H,1-10H2,(H,16,18). The molecule has 4 nitrogen and oxygen atoms in total. The lowest BCUT2D eigenvalue weighted by Crippen LogP contribution is -2.51. The van der Waals surface area contributed by atoms with Gasteiger partial charge in [0.15, 0.2) is 0 Å². The van der Waals surface area contributed by atoms with Gasteiger partial charge in [-0.1, -0.05) is 0 Å². The van der Waals surface area contributed by atoms with E-state index in [9.17, 15) is 4.79 Å². The number of hydrogen-bond acceptors (Lipinski definition) is 2. The average Bonchev–Trinajstić information content (AvgIpc) is 2.84. The van der Waals surface area contributed by atoms with Gasteiger partial charge in [-0.25, -0.2) is 4.79 Å². The van der Waals surface area contributed by atoms with Gasteiger partial charge in [0.25, 0.3) is 0 Å². The summed E-state index contributed by atoms with van der Waals surface area (Å²) in [6.07, 6.45) is 8.50. The number of urea groups is 1. The van der Waals surface area contributed by atoms with Crippen LogP contribution in [0.2, 0.25) is 0 Å². The second kappa shape index (κ2) is 5.47. The van der Waals surface area contributed by atoms with E-state index in [1.807, 2.05) is 0 Å². The second-order valence-electron chi connectivity index (χ2n) is 6.07. The lowest BCUT2D eigenvalue weighted by Gasteiger charge is -2.36. The molecule has 4 heteroatoms. The van der Waals surface area contributed by atoms with Crippen molar-refractivity contribution in [1.29, 1.82) is 0 Å². The fourth-order valence-corrected chi connectivity index (χ4v) is 3.57. The van der Waals surface area contributed by atoms with Gasteiger partial charge in [0, 0.05) is 18.6 Å². The van der Waals surface area contributed by atoms with Crippen molar-refractivity contribution >= 4 is 6.03 Å². The lowest BCUT2D eigenvalue weighted by atomic mass is 9.88. The minimum Gasteiger partial charge on any atom is -0.335 e. The van der Waals surface area contributed by atoms with Gasteiger partial charge < -0.3 is 15.5 Å². The number of carbonyl (C=O) groups is 1. The minimum absolute atomic E-state index is 0.209. The van der Waals surface area contributed by atoms with Crippen LogP contribution in [0.15, 0.2) is 0 Å². The molecule has 1 saturated carbocycles. The third-order valence-electron chi connectivity index (χ3n) is 4.92. The summed E-state index contributed by atoms with van der Waals surface area (Å²) in [4.78, 5) is 14.4. The summed E-state index contributed by atoms with van der Waals surface area (Å²) in [5.41, 5.74) is 0. The number of nitrogens with one attached hydrogen (secondary N) is 2. The van der Waals surface area contributed by atoms with Crippen LogP contribution in [0.5, 0.6) is 0 Å². The van der Waals surface area contributed by atoms with E-state index in [2.05, 4.69) is 15.5 Å². The molecule has 2 saturated heterocycles. The highest BCUT2D eigenvalue weighted by Crippen LogP contribution is 2.30. The van der Waals surface area contributed by atoms with Gasteiger partial charge >= 0.3 is 6.03 Å². The molecule has 2 N–H and O–H groups in total. The normalized spacial score (nSPS) is 30.2. The molecule has 102 valence electrons. The summed E-state index contributed by atoms with van der Waals surface area (Å²) in [7, 11) is 0. The van der Waals surface area contributed by atoms with E-state index in [1.54, 1.807) is 0 Å². The van der Waals surface area contributed by atoms with Crippen LogP contribution in [-0.4, -0.2) is 42.6 Å². The van der Waals surface area contributed by atoms with Crippen LogP contribution in [0.1, 0.15) is 44.9 Å². The smallest absolute Gasteiger partial charge is 0.317 e. The van der Waals surface area contributed by atoms with Crippen molar-refractivity contribution in [3.63, 3.8) is 0 Å². The maximum atomic E-state index is 12.3. The van der Waals surface area contributed by atoms with Crippen LogP contribution in [0.25, 0.3) is 0 Å². The summed E-state index contributed by atoms with van der Waals surface area (Å²) in [5.74, 6) is 0.723. The fourth-order valence-electron chi connectivity index (χ4n) is 3.57. The molecule has 2 amide bonds. The molecule has 1 atom stereocenters. The van der Waals surface area contributed by atoms with Crippen molar-refractivity contribution in [3.8, 4) is 0 Å². The Kier molecular flexibility index (Phi) is 3.73. The topological polar surface area (TPSA) is 44.4 Å². The summed E-state index contributed by atoms with van der Waals surface area (Å²) in [6, 6.07) is 1.18. The Balaban J connectivity index is 1.57. The monoisotopic (exact) mass is 251 g/mol. The molecule has 0 aromatic rings. The molecule has 3 fully saturated rings. The Hall–Kier alpha value is -0.770. The van der Waals surface area contributed by atoms with E-state index < -0.39 is 0 Å². The van der Waals surface area contributed by atoms with Crippen LogP contribution >= 0.6 is 0 Å². The summed E-state index contributed by atoms with van der Waals surface area (Å²) in [5, 5.41) is 6.61. The van der Waals surface area contributed by atoms with Gasteiger partial charge in [0.05, 0.1) is 0 Å². The van der Waals surface area contributed by atoms with Crippen molar-refractivity contribution in [2.24, 2.45) is 5.92 Å². The van der Waals surface area contributed by atoms with Gasteiger partial charge in [-0.05, 0) is 64.0 Å². The van der Waals surface area contributed by atoms with E-state index in [0.29, 0.717) is 12.1 Å². The quantitative estimate of drug-likeness (QED) is 0.785. The zero-order chi connectivity index (χ0) is 12.4. The van der Waals surface area contributed by atoms with E-state index in [4.69, 9.17) is 0 Å². The SMILES string of the molecule is O=C(NC1CCC1)N1CCCC1C1CCNCC1. The highest BCUT2D eigenvalue weighted by molar-refractivity contribution is 5.75.